The summed E-state index contributed by atoms with van der Waals surface area (Å²) in [6, 6.07) is 0. The Hall–Kier alpha value is -1.30. The molecule has 2 aliphatic heterocycles. The fourth-order valence-electron chi connectivity index (χ4n) is 2.04. The molecule has 16 heavy (non-hydrogen) atoms. The molecule has 2 rings (SSSR count). The first kappa shape index (κ1) is 11.2. The van der Waals surface area contributed by atoms with Gasteiger partial charge >= 0.3 is 5.97 Å². The van der Waals surface area contributed by atoms with Crippen LogP contribution in [0.1, 0.15) is 20.8 Å². The first-order valence-electron chi connectivity index (χ1n) is 4.98. The largest absolute Gasteiger partial charge is 0.462 e. The normalized spacial score (nSPS) is 40.8. The van der Waals surface area contributed by atoms with Crippen LogP contribution in [0.3, 0.4) is 0 Å². The molecule has 0 amide bonds. The van der Waals surface area contributed by atoms with Crippen LogP contribution in [0.2, 0.25) is 0 Å². The molecule has 88 valence electrons. The standard InChI is InChI=1S/C9H13N3O4/c1-8(2)15-5-4-14-7(13)9(3,11-12-10)6(5)16-8/h5-6H,4H2,1-3H3/t5-,6-,9-/m1/s1. The first-order chi connectivity index (χ1) is 7.39. The van der Waals surface area contributed by atoms with Gasteiger partial charge in [0.15, 0.2) is 11.3 Å². The van der Waals surface area contributed by atoms with Gasteiger partial charge in [0.05, 0.1) is 0 Å². The maximum absolute atomic E-state index is 11.6. The van der Waals surface area contributed by atoms with Gasteiger partial charge in [0.25, 0.3) is 0 Å². The minimum atomic E-state index is -1.36. The Kier molecular flexibility index (Phi) is 2.34. The number of esters is 1. The number of carbonyl (C=O) groups excluding carboxylic acids is 1. The van der Waals surface area contributed by atoms with E-state index in [1.165, 1.54) is 6.92 Å². The molecule has 2 fully saturated rings. The van der Waals surface area contributed by atoms with Gasteiger partial charge in [-0.05, 0) is 26.3 Å². The molecule has 0 unspecified atom stereocenters. The molecule has 2 heterocycles. The minimum absolute atomic E-state index is 0.128. The van der Waals surface area contributed by atoms with E-state index in [2.05, 4.69) is 10.0 Å². The first-order valence-corrected chi connectivity index (χ1v) is 4.98. The topological polar surface area (TPSA) is 93.5 Å². The summed E-state index contributed by atoms with van der Waals surface area (Å²) in [5, 5.41) is 3.51. The molecule has 2 aliphatic rings. The number of rotatable bonds is 1. The van der Waals surface area contributed by atoms with Crippen LogP contribution in [-0.2, 0) is 19.0 Å². The van der Waals surface area contributed by atoms with Crippen molar-refractivity contribution in [2.75, 3.05) is 6.61 Å². The van der Waals surface area contributed by atoms with Crippen LogP contribution in [0.15, 0.2) is 5.11 Å². The average Bonchev–Trinajstić information content (AvgIpc) is 2.50. The Morgan fingerprint density at radius 1 is 1.44 bits per heavy atom. The van der Waals surface area contributed by atoms with Gasteiger partial charge in [-0.15, -0.1) is 0 Å². The minimum Gasteiger partial charge on any atom is -0.462 e. The fourth-order valence-corrected chi connectivity index (χ4v) is 2.04. The molecule has 2 saturated heterocycles. The van der Waals surface area contributed by atoms with Crippen LogP contribution in [0.25, 0.3) is 10.4 Å². The van der Waals surface area contributed by atoms with E-state index in [1.807, 2.05) is 0 Å². The predicted molar refractivity (Wildman–Crippen MR) is 52.3 cm³/mol. The Bertz CT molecular complexity index is 377. The summed E-state index contributed by atoms with van der Waals surface area (Å²) < 4.78 is 16.1. The molecule has 7 nitrogen and oxygen atoms in total. The molecule has 0 bridgehead atoms. The molecular weight excluding hydrogens is 214 g/mol. The predicted octanol–water partition coefficient (Wildman–Crippen LogP) is 1.13. The van der Waals surface area contributed by atoms with Crippen LogP contribution >= 0.6 is 0 Å². The van der Waals surface area contributed by atoms with Crippen LogP contribution in [0.4, 0.5) is 0 Å². The van der Waals surface area contributed by atoms with Gasteiger partial charge in [0.2, 0.25) is 0 Å². The van der Waals surface area contributed by atoms with E-state index in [1.54, 1.807) is 13.8 Å². The number of cyclic esters (lactones) is 1. The van der Waals surface area contributed by atoms with Gasteiger partial charge < -0.3 is 14.2 Å². The molecule has 0 aliphatic carbocycles. The Balaban J connectivity index is 2.36. The van der Waals surface area contributed by atoms with Crippen molar-refractivity contribution in [1.82, 2.24) is 0 Å². The molecule has 0 aromatic carbocycles. The van der Waals surface area contributed by atoms with Crippen molar-refractivity contribution in [1.29, 1.82) is 0 Å². The summed E-state index contributed by atoms with van der Waals surface area (Å²) in [6.45, 7) is 5.11. The number of nitrogens with zero attached hydrogens (tertiary/aromatic N) is 3. The van der Waals surface area contributed by atoms with Gasteiger partial charge in [-0.25, -0.2) is 0 Å². The lowest BCUT2D eigenvalue weighted by atomic mass is 9.90. The lowest BCUT2D eigenvalue weighted by Gasteiger charge is -2.34. The summed E-state index contributed by atoms with van der Waals surface area (Å²) in [6.07, 6.45) is -0.983. The molecule has 0 aromatic heterocycles. The zero-order valence-electron chi connectivity index (χ0n) is 9.34. The summed E-state index contributed by atoms with van der Waals surface area (Å²) in [4.78, 5) is 14.3. The zero-order chi connectivity index (χ0) is 12.0. The quantitative estimate of drug-likeness (QED) is 0.290. The SMILES string of the molecule is CC1(C)O[C@@H]2[C@@H](COC(=O)[C@]2(C)N=[N+]=[N-])O1. The number of carbonyl (C=O) groups is 1. The summed E-state index contributed by atoms with van der Waals surface area (Å²) in [5.74, 6) is -1.37. The summed E-state index contributed by atoms with van der Waals surface area (Å²) >= 11 is 0. The van der Waals surface area contributed by atoms with Crippen LogP contribution in [0, 0.1) is 0 Å². The Morgan fingerprint density at radius 3 is 2.75 bits per heavy atom. The summed E-state index contributed by atoms with van der Waals surface area (Å²) in [5.41, 5.74) is 7.15. The second-order valence-electron chi connectivity index (χ2n) is 4.53. The third kappa shape index (κ3) is 1.53. The van der Waals surface area contributed by atoms with Crippen LogP contribution < -0.4 is 0 Å². The number of hydrogen-bond acceptors (Lipinski definition) is 5. The molecular formula is C9H13N3O4. The Morgan fingerprint density at radius 2 is 2.12 bits per heavy atom. The highest BCUT2D eigenvalue weighted by Gasteiger charge is 2.58. The van der Waals surface area contributed by atoms with E-state index in [0.717, 1.165) is 0 Å². The second kappa shape index (κ2) is 3.35. The summed E-state index contributed by atoms with van der Waals surface area (Å²) in [7, 11) is 0. The average molecular weight is 227 g/mol. The van der Waals surface area contributed by atoms with Crippen molar-refractivity contribution in [3.05, 3.63) is 10.4 Å². The van der Waals surface area contributed by atoms with Gasteiger partial charge in [-0.1, -0.05) is 5.11 Å². The highest BCUT2D eigenvalue weighted by molar-refractivity contribution is 5.82. The van der Waals surface area contributed by atoms with Crippen LogP contribution in [0.5, 0.6) is 0 Å². The van der Waals surface area contributed by atoms with Crippen molar-refractivity contribution in [2.24, 2.45) is 5.11 Å². The van der Waals surface area contributed by atoms with Crippen molar-refractivity contribution in [3.63, 3.8) is 0 Å². The van der Waals surface area contributed by atoms with E-state index in [0.29, 0.717) is 0 Å². The van der Waals surface area contributed by atoms with Crippen LogP contribution in [-0.4, -0.2) is 36.1 Å². The molecule has 0 N–H and O–H groups in total. The molecule has 3 atom stereocenters. The van der Waals surface area contributed by atoms with Crippen molar-refractivity contribution in [2.45, 2.75) is 44.3 Å². The Labute approximate surface area is 92.3 Å². The van der Waals surface area contributed by atoms with E-state index in [-0.39, 0.29) is 12.7 Å². The van der Waals surface area contributed by atoms with Crippen molar-refractivity contribution < 1.29 is 19.0 Å². The highest BCUT2D eigenvalue weighted by atomic mass is 16.8. The maximum Gasteiger partial charge on any atom is 0.320 e. The number of fused-ring (bicyclic) bond motifs is 1. The number of azide groups is 1. The van der Waals surface area contributed by atoms with E-state index in [4.69, 9.17) is 19.7 Å². The fraction of sp³-hybridized carbons (Fsp3) is 0.889. The van der Waals surface area contributed by atoms with E-state index < -0.39 is 23.4 Å². The smallest absolute Gasteiger partial charge is 0.320 e. The number of ether oxygens (including phenoxy) is 3. The molecule has 0 saturated carbocycles. The monoisotopic (exact) mass is 227 g/mol. The third-order valence-electron chi connectivity index (χ3n) is 2.78. The van der Waals surface area contributed by atoms with Gasteiger partial charge in [0.1, 0.15) is 18.8 Å². The molecule has 7 heteroatoms. The number of hydrogen-bond donors (Lipinski definition) is 0. The van der Waals surface area contributed by atoms with Crippen molar-refractivity contribution in [3.8, 4) is 0 Å². The molecule has 0 aromatic rings. The van der Waals surface area contributed by atoms with Gasteiger partial charge in [-0.2, -0.15) is 0 Å². The second-order valence-corrected chi connectivity index (χ2v) is 4.53. The van der Waals surface area contributed by atoms with Gasteiger partial charge in [-0.3, -0.25) is 4.79 Å². The zero-order valence-corrected chi connectivity index (χ0v) is 9.34. The van der Waals surface area contributed by atoms with E-state index in [9.17, 15) is 4.79 Å². The highest BCUT2D eigenvalue weighted by Crippen LogP contribution is 2.39. The lowest BCUT2D eigenvalue weighted by Crippen LogP contribution is -2.56. The molecule has 0 spiro atoms. The van der Waals surface area contributed by atoms with Crippen molar-refractivity contribution >= 4 is 5.97 Å². The lowest BCUT2D eigenvalue weighted by molar-refractivity contribution is -0.166. The third-order valence-corrected chi connectivity index (χ3v) is 2.78. The van der Waals surface area contributed by atoms with Gasteiger partial charge in [0, 0.05) is 4.91 Å². The van der Waals surface area contributed by atoms with E-state index >= 15 is 0 Å². The molecule has 0 radical (unpaired) electrons. The maximum atomic E-state index is 11.6.